The maximum absolute atomic E-state index is 12.4. The molecule has 0 bridgehead atoms. The lowest BCUT2D eigenvalue weighted by Crippen LogP contribution is -2.49. The van der Waals surface area contributed by atoms with Crippen LogP contribution in [-0.4, -0.2) is 67.6 Å². The highest BCUT2D eigenvalue weighted by Crippen LogP contribution is 2.19. The van der Waals surface area contributed by atoms with Crippen molar-refractivity contribution in [1.82, 2.24) is 15.1 Å². The summed E-state index contributed by atoms with van der Waals surface area (Å²) in [6.07, 6.45) is 2.11. The lowest BCUT2D eigenvalue weighted by atomic mass is 10.1. The average Bonchev–Trinajstić information content (AvgIpc) is 3.11. The number of nitrogens with zero attached hydrogens (tertiary/aromatic N) is 2. The highest BCUT2D eigenvalue weighted by molar-refractivity contribution is 5.85. The number of benzene rings is 1. The largest absolute Gasteiger partial charge is 0.435 e. The normalized spacial score (nSPS) is 20.9. The number of likely N-dealkylation sites (tertiary alicyclic amines) is 1. The second-order valence-electron chi connectivity index (χ2n) is 6.59. The molecular weight excluding hydrogens is 364 g/mol. The van der Waals surface area contributed by atoms with Gasteiger partial charge in [0.15, 0.2) is 0 Å². The summed E-state index contributed by atoms with van der Waals surface area (Å²) in [4.78, 5) is 16.9. The molecule has 3 rings (SSSR count). The van der Waals surface area contributed by atoms with E-state index in [1.54, 1.807) is 12.1 Å². The molecule has 2 heterocycles. The fourth-order valence-electron chi connectivity index (χ4n) is 3.56. The molecule has 146 valence electrons. The maximum atomic E-state index is 12.4. The zero-order valence-corrected chi connectivity index (χ0v) is 15.5. The number of ether oxygens (including phenoxy) is 1. The number of hydrogen-bond acceptors (Lipinski definition) is 4. The lowest BCUT2D eigenvalue weighted by molar-refractivity contribution is -0.130. The monoisotopic (exact) mass is 389 g/mol. The van der Waals surface area contributed by atoms with Crippen molar-refractivity contribution >= 4 is 18.3 Å². The van der Waals surface area contributed by atoms with E-state index in [2.05, 4.69) is 15.0 Å². The summed E-state index contributed by atoms with van der Waals surface area (Å²) in [6.45, 7) is 2.99. The quantitative estimate of drug-likeness (QED) is 0.809. The SMILES string of the molecule is Cl.O=C(CCc1ccc(OC(F)F)cc1)N1CCC(N2CCNCC2)C1. The first-order chi connectivity index (χ1) is 12.1. The third-order valence-corrected chi connectivity index (χ3v) is 4.96. The zero-order valence-electron chi connectivity index (χ0n) is 14.7. The van der Waals surface area contributed by atoms with Gasteiger partial charge in [0.05, 0.1) is 0 Å². The number of nitrogens with one attached hydrogen (secondary N) is 1. The van der Waals surface area contributed by atoms with E-state index >= 15 is 0 Å². The molecule has 0 aliphatic carbocycles. The van der Waals surface area contributed by atoms with Crippen LogP contribution in [0.4, 0.5) is 8.78 Å². The van der Waals surface area contributed by atoms with Crippen LogP contribution in [0.2, 0.25) is 0 Å². The molecule has 0 aromatic heterocycles. The molecule has 0 radical (unpaired) electrons. The third-order valence-electron chi connectivity index (χ3n) is 4.96. The van der Waals surface area contributed by atoms with Gasteiger partial charge < -0.3 is 15.0 Å². The molecule has 0 saturated carbocycles. The molecule has 1 N–H and O–H groups in total. The Balaban J connectivity index is 0.00000243. The minimum absolute atomic E-state index is 0. The number of carbonyl (C=O) groups excluding carboxylic acids is 1. The number of alkyl halides is 2. The summed E-state index contributed by atoms with van der Waals surface area (Å²) in [5, 5.41) is 3.35. The highest BCUT2D eigenvalue weighted by atomic mass is 35.5. The molecule has 2 saturated heterocycles. The van der Waals surface area contributed by atoms with Crippen molar-refractivity contribution in [1.29, 1.82) is 0 Å². The summed E-state index contributed by atoms with van der Waals surface area (Å²) in [7, 11) is 0. The number of amides is 1. The van der Waals surface area contributed by atoms with E-state index in [1.807, 2.05) is 4.90 Å². The highest BCUT2D eigenvalue weighted by Gasteiger charge is 2.30. The molecule has 8 heteroatoms. The smallest absolute Gasteiger partial charge is 0.387 e. The van der Waals surface area contributed by atoms with Gasteiger partial charge >= 0.3 is 6.61 Å². The molecule has 1 aromatic rings. The van der Waals surface area contributed by atoms with Crippen molar-refractivity contribution in [2.75, 3.05) is 39.3 Å². The van der Waals surface area contributed by atoms with E-state index in [4.69, 9.17) is 0 Å². The van der Waals surface area contributed by atoms with Gasteiger partial charge in [-0.15, -0.1) is 12.4 Å². The van der Waals surface area contributed by atoms with Crippen LogP contribution in [0.25, 0.3) is 0 Å². The van der Waals surface area contributed by atoms with Gasteiger partial charge in [-0.25, -0.2) is 0 Å². The molecule has 26 heavy (non-hydrogen) atoms. The lowest BCUT2D eigenvalue weighted by Gasteiger charge is -2.32. The van der Waals surface area contributed by atoms with Crippen LogP contribution in [-0.2, 0) is 11.2 Å². The van der Waals surface area contributed by atoms with Gasteiger partial charge in [0, 0.05) is 51.7 Å². The van der Waals surface area contributed by atoms with Gasteiger partial charge in [0.1, 0.15) is 5.75 Å². The van der Waals surface area contributed by atoms with Gasteiger partial charge in [-0.1, -0.05) is 12.1 Å². The Labute approximate surface area is 159 Å². The van der Waals surface area contributed by atoms with Crippen LogP contribution in [0.3, 0.4) is 0 Å². The number of rotatable bonds is 6. The van der Waals surface area contributed by atoms with Crippen molar-refractivity contribution in [2.24, 2.45) is 0 Å². The second kappa shape index (κ2) is 10.0. The van der Waals surface area contributed by atoms with E-state index < -0.39 is 6.61 Å². The van der Waals surface area contributed by atoms with Gasteiger partial charge in [-0.3, -0.25) is 9.69 Å². The topological polar surface area (TPSA) is 44.8 Å². The predicted molar refractivity (Wildman–Crippen MR) is 98.1 cm³/mol. The molecule has 2 aliphatic rings. The Bertz CT molecular complexity index is 568. The molecular formula is C18H26ClF2N3O2. The van der Waals surface area contributed by atoms with E-state index in [0.29, 0.717) is 18.9 Å². The Morgan fingerprint density at radius 2 is 1.88 bits per heavy atom. The van der Waals surface area contributed by atoms with Crippen molar-refractivity contribution in [3.63, 3.8) is 0 Å². The van der Waals surface area contributed by atoms with Crippen molar-refractivity contribution in [2.45, 2.75) is 31.9 Å². The van der Waals surface area contributed by atoms with Crippen LogP contribution < -0.4 is 10.1 Å². The van der Waals surface area contributed by atoms with Crippen LogP contribution in [0, 0.1) is 0 Å². The van der Waals surface area contributed by atoms with E-state index in [1.165, 1.54) is 12.1 Å². The number of carbonyl (C=O) groups is 1. The van der Waals surface area contributed by atoms with Gasteiger partial charge in [0.2, 0.25) is 5.91 Å². The fourth-order valence-corrected chi connectivity index (χ4v) is 3.56. The maximum Gasteiger partial charge on any atom is 0.387 e. The van der Waals surface area contributed by atoms with Crippen LogP contribution in [0.15, 0.2) is 24.3 Å². The molecule has 1 aromatic carbocycles. The third kappa shape index (κ3) is 5.79. The number of aryl methyl sites for hydroxylation is 1. The Kier molecular flexibility index (Phi) is 8.06. The van der Waals surface area contributed by atoms with E-state index in [0.717, 1.165) is 51.3 Å². The minimum Gasteiger partial charge on any atom is -0.435 e. The zero-order chi connectivity index (χ0) is 17.6. The molecule has 0 spiro atoms. The molecule has 2 fully saturated rings. The summed E-state index contributed by atoms with van der Waals surface area (Å²) >= 11 is 0. The molecule has 1 amide bonds. The average molecular weight is 390 g/mol. The first kappa shape index (κ1) is 20.9. The Morgan fingerprint density at radius 1 is 1.19 bits per heavy atom. The van der Waals surface area contributed by atoms with Crippen LogP contribution in [0.1, 0.15) is 18.4 Å². The molecule has 5 nitrogen and oxygen atoms in total. The fraction of sp³-hybridized carbons (Fsp3) is 0.611. The Morgan fingerprint density at radius 3 is 2.54 bits per heavy atom. The number of halogens is 3. The first-order valence-corrected chi connectivity index (χ1v) is 8.88. The summed E-state index contributed by atoms with van der Waals surface area (Å²) in [6, 6.07) is 6.98. The van der Waals surface area contributed by atoms with Crippen LogP contribution in [0.5, 0.6) is 5.75 Å². The number of piperazine rings is 1. The minimum atomic E-state index is -2.81. The van der Waals surface area contributed by atoms with Gasteiger partial charge in [-0.2, -0.15) is 8.78 Å². The molecule has 1 atom stereocenters. The number of hydrogen-bond donors (Lipinski definition) is 1. The summed E-state index contributed by atoms with van der Waals surface area (Å²) in [5.74, 6) is 0.314. The summed E-state index contributed by atoms with van der Waals surface area (Å²) < 4.78 is 28.6. The van der Waals surface area contributed by atoms with E-state index in [9.17, 15) is 13.6 Å². The molecule has 2 aliphatic heterocycles. The van der Waals surface area contributed by atoms with Crippen molar-refractivity contribution in [3.8, 4) is 5.75 Å². The first-order valence-electron chi connectivity index (χ1n) is 8.88. The van der Waals surface area contributed by atoms with Gasteiger partial charge in [-0.05, 0) is 30.5 Å². The van der Waals surface area contributed by atoms with Crippen molar-refractivity contribution in [3.05, 3.63) is 29.8 Å². The molecule has 1 unspecified atom stereocenters. The predicted octanol–water partition coefficient (Wildman–Crippen LogP) is 2.15. The summed E-state index contributed by atoms with van der Waals surface area (Å²) in [5.41, 5.74) is 0.952. The Hall–Kier alpha value is -1.44. The van der Waals surface area contributed by atoms with Gasteiger partial charge in [0.25, 0.3) is 0 Å². The second-order valence-corrected chi connectivity index (χ2v) is 6.59. The van der Waals surface area contributed by atoms with Crippen LogP contribution >= 0.6 is 12.4 Å². The standard InChI is InChI=1S/C18H25F2N3O2.ClH/c19-18(20)25-16-4-1-14(2-5-16)3-6-17(24)23-10-7-15(13-23)22-11-8-21-9-12-22;/h1-2,4-5,15,18,21H,3,6-13H2;1H. The van der Waals surface area contributed by atoms with E-state index in [-0.39, 0.29) is 24.1 Å². The van der Waals surface area contributed by atoms with Crippen molar-refractivity contribution < 1.29 is 18.3 Å².